The molecule has 0 aliphatic heterocycles. The molecule has 2 aromatic carbocycles. The number of amides is 1. The van der Waals surface area contributed by atoms with Crippen molar-refractivity contribution in [1.29, 1.82) is 0 Å². The SMILES string of the molecule is CCOCCOc1ccccc1NC(=O)CNc1cccc(OC(C)CC)c1. The lowest BCUT2D eigenvalue weighted by Crippen LogP contribution is -2.22. The molecule has 0 spiro atoms. The summed E-state index contributed by atoms with van der Waals surface area (Å²) in [5.41, 5.74) is 1.47. The van der Waals surface area contributed by atoms with E-state index in [1.165, 1.54) is 0 Å². The van der Waals surface area contributed by atoms with Gasteiger partial charge in [0.05, 0.1) is 24.9 Å². The first-order valence-electron chi connectivity index (χ1n) is 9.72. The van der Waals surface area contributed by atoms with Gasteiger partial charge in [-0.15, -0.1) is 0 Å². The Morgan fingerprint density at radius 2 is 1.89 bits per heavy atom. The van der Waals surface area contributed by atoms with E-state index in [4.69, 9.17) is 14.2 Å². The Bertz CT molecular complexity index is 736. The van der Waals surface area contributed by atoms with E-state index in [1.807, 2.05) is 62.4 Å². The lowest BCUT2D eigenvalue weighted by Gasteiger charge is -2.15. The second kappa shape index (κ2) is 11.9. The second-order valence-electron chi connectivity index (χ2n) is 6.31. The normalized spacial score (nSPS) is 11.5. The summed E-state index contributed by atoms with van der Waals surface area (Å²) in [5, 5.41) is 6.00. The van der Waals surface area contributed by atoms with E-state index in [0.717, 1.165) is 17.9 Å². The maximum absolute atomic E-state index is 12.3. The number of carbonyl (C=O) groups is 1. The van der Waals surface area contributed by atoms with Gasteiger partial charge in [0, 0.05) is 18.4 Å². The molecule has 1 atom stereocenters. The molecule has 0 radical (unpaired) electrons. The van der Waals surface area contributed by atoms with Crippen LogP contribution in [0, 0.1) is 0 Å². The quantitative estimate of drug-likeness (QED) is 0.532. The Balaban J connectivity index is 1.87. The van der Waals surface area contributed by atoms with Crippen LogP contribution in [0.25, 0.3) is 0 Å². The maximum Gasteiger partial charge on any atom is 0.243 e. The molecule has 0 aliphatic carbocycles. The number of rotatable bonds is 12. The minimum Gasteiger partial charge on any atom is -0.491 e. The van der Waals surface area contributed by atoms with Crippen LogP contribution >= 0.6 is 0 Å². The maximum atomic E-state index is 12.3. The number of para-hydroxylation sites is 2. The van der Waals surface area contributed by atoms with E-state index < -0.39 is 0 Å². The van der Waals surface area contributed by atoms with Crippen LogP contribution in [0.4, 0.5) is 11.4 Å². The highest BCUT2D eigenvalue weighted by Crippen LogP contribution is 2.24. The summed E-state index contributed by atoms with van der Waals surface area (Å²) in [6.07, 6.45) is 1.09. The van der Waals surface area contributed by atoms with Gasteiger partial charge in [0.2, 0.25) is 5.91 Å². The van der Waals surface area contributed by atoms with E-state index in [0.29, 0.717) is 31.3 Å². The monoisotopic (exact) mass is 386 g/mol. The first-order chi connectivity index (χ1) is 13.6. The molecule has 0 aliphatic rings. The van der Waals surface area contributed by atoms with Crippen LogP contribution in [0.5, 0.6) is 11.5 Å². The molecule has 0 heterocycles. The van der Waals surface area contributed by atoms with Crippen molar-refractivity contribution >= 4 is 17.3 Å². The number of nitrogens with one attached hydrogen (secondary N) is 2. The van der Waals surface area contributed by atoms with Gasteiger partial charge in [-0.3, -0.25) is 4.79 Å². The van der Waals surface area contributed by atoms with Gasteiger partial charge in [-0.1, -0.05) is 25.1 Å². The van der Waals surface area contributed by atoms with Crippen molar-refractivity contribution in [2.24, 2.45) is 0 Å². The standard InChI is InChI=1S/C22H30N2O4/c1-4-17(3)28-19-10-8-9-18(15-19)23-16-22(25)24-20-11-6-7-12-21(20)27-14-13-26-5-2/h6-12,15,17,23H,4-5,13-14,16H2,1-3H3,(H,24,25). The fraction of sp³-hybridized carbons (Fsp3) is 0.409. The molecular weight excluding hydrogens is 356 g/mol. The second-order valence-corrected chi connectivity index (χ2v) is 6.31. The lowest BCUT2D eigenvalue weighted by molar-refractivity contribution is -0.114. The summed E-state index contributed by atoms with van der Waals surface area (Å²) in [6.45, 7) is 7.78. The van der Waals surface area contributed by atoms with E-state index in [9.17, 15) is 4.79 Å². The van der Waals surface area contributed by atoms with Gasteiger partial charge in [-0.2, -0.15) is 0 Å². The first kappa shape index (κ1) is 21.6. The topological polar surface area (TPSA) is 68.8 Å². The van der Waals surface area contributed by atoms with E-state index in [2.05, 4.69) is 17.6 Å². The van der Waals surface area contributed by atoms with Crippen molar-refractivity contribution in [2.45, 2.75) is 33.3 Å². The van der Waals surface area contributed by atoms with Crippen molar-refractivity contribution in [3.63, 3.8) is 0 Å². The fourth-order valence-corrected chi connectivity index (χ4v) is 2.42. The van der Waals surface area contributed by atoms with Crippen LogP contribution in [0.3, 0.4) is 0 Å². The minimum atomic E-state index is -0.158. The largest absolute Gasteiger partial charge is 0.491 e. The van der Waals surface area contributed by atoms with Crippen LogP contribution in [-0.2, 0) is 9.53 Å². The Kier molecular flexibility index (Phi) is 9.15. The summed E-state index contributed by atoms with van der Waals surface area (Å²) >= 11 is 0. The minimum absolute atomic E-state index is 0.139. The van der Waals surface area contributed by atoms with Crippen molar-refractivity contribution in [3.8, 4) is 11.5 Å². The van der Waals surface area contributed by atoms with Crippen molar-refractivity contribution in [2.75, 3.05) is 37.0 Å². The summed E-state index contributed by atoms with van der Waals surface area (Å²) < 4.78 is 16.8. The molecule has 6 heteroatoms. The number of hydrogen-bond acceptors (Lipinski definition) is 5. The molecule has 2 rings (SSSR count). The molecule has 0 aromatic heterocycles. The molecule has 1 unspecified atom stereocenters. The lowest BCUT2D eigenvalue weighted by atomic mass is 10.2. The third-order valence-corrected chi connectivity index (χ3v) is 4.05. The predicted octanol–water partition coefficient (Wildman–Crippen LogP) is 4.33. The summed E-state index contributed by atoms with van der Waals surface area (Å²) in [6, 6.07) is 15.0. The zero-order valence-corrected chi connectivity index (χ0v) is 16.9. The van der Waals surface area contributed by atoms with E-state index in [-0.39, 0.29) is 18.6 Å². The molecule has 0 fully saturated rings. The highest BCUT2D eigenvalue weighted by Gasteiger charge is 2.08. The molecule has 0 saturated heterocycles. The summed E-state index contributed by atoms with van der Waals surface area (Å²) in [4.78, 5) is 12.3. The van der Waals surface area contributed by atoms with Gasteiger partial charge < -0.3 is 24.8 Å². The van der Waals surface area contributed by atoms with Gasteiger partial charge in [-0.25, -0.2) is 0 Å². The van der Waals surface area contributed by atoms with E-state index in [1.54, 1.807) is 0 Å². The molecule has 2 aromatic rings. The van der Waals surface area contributed by atoms with E-state index >= 15 is 0 Å². The summed E-state index contributed by atoms with van der Waals surface area (Å²) in [7, 11) is 0. The molecule has 0 saturated carbocycles. The van der Waals surface area contributed by atoms with Gasteiger partial charge in [0.15, 0.2) is 0 Å². The first-order valence-corrected chi connectivity index (χ1v) is 9.72. The van der Waals surface area contributed by atoms with Crippen LogP contribution in [0.2, 0.25) is 0 Å². The fourth-order valence-electron chi connectivity index (χ4n) is 2.42. The van der Waals surface area contributed by atoms with Gasteiger partial charge in [0.25, 0.3) is 0 Å². The Morgan fingerprint density at radius 3 is 2.68 bits per heavy atom. The molecule has 152 valence electrons. The smallest absolute Gasteiger partial charge is 0.243 e. The van der Waals surface area contributed by atoms with Crippen molar-refractivity contribution < 1.29 is 19.0 Å². The number of benzene rings is 2. The average Bonchev–Trinajstić information content (AvgIpc) is 2.71. The Hall–Kier alpha value is -2.73. The summed E-state index contributed by atoms with van der Waals surface area (Å²) in [5.74, 6) is 1.25. The molecule has 1 amide bonds. The Labute approximate surface area is 167 Å². The highest BCUT2D eigenvalue weighted by atomic mass is 16.5. The zero-order valence-electron chi connectivity index (χ0n) is 16.9. The van der Waals surface area contributed by atoms with Crippen LogP contribution in [0.1, 0.15) is 27.2 Å². The number of anilines is 2. The molecular formula is C22H30N2O4. The van der Waals surface area contributed by atoms with Crippen LogP contribution in [-0.4, -0.2) is 38.4 Å². The van der Waals surface area contributed by atoms with Crippen molar-refractivity contribution in [1.82, 2.24) is 0 Å². The van der Waals surface area contributed by atoms with Crippen LogP contribution < -0.4 is 20.1 Å². The predicted molar refractivity (Wildman–Crippen MR) is 112 cm³/mol. The van der Waals surface area contributed by atoms with Crippen molar-refractivity contribution in [3.05, 3.63) is 48.5 Å². The third-order valence-electron chi connectivity index (χ3n) is 4.05. The van der Waals surface area contributed by atoms with Gasteiger partial charge in [-0.05, 0) is 44.5 Å². The van der Waals surface area contributed by atoms with Gasteiger partial charge >= 0.3 is 0 Å². The number of ether oxygens (including phenoxy) is 3. The molecule has 6 nitrogen and oxygen atoms in total. The highest BCUT2D eigenvalue weighted by molar-refractivity contribution is 5.95. The van der Waals surface area contributed by atoms with Gasteiger partial charge in [0.1, 0.15) is 18.1 Å². The molecule has 28 heavy (non-hydrogen) atoms. The number of carbonyl (C=O) groups excluding carboxylic acids is 1. The molecule has 2 N–H and O–H groups in total. The average molecular weight is 386 g/mol. The molecule has 0 bridgehead atoms. The Morgan fingerprint density at radius 1 is 1.07 bits per heavy atom. The third kappa shape index (κ3) is 7.48. The number of hydrogen-bond donors (Lipinski definition) is 2. The van der Waals surface area contributed by atoms with Crippen LogP contribution in [0.15, 0.2) is 48.5 Å². The zero-order chi connectivity index (χ0) is 20.2.